The summed E-state index contributed by atoms with van der Waals surface area (Å²) >= 11 is 9.44. The van der Waals surface area contributed by atoms with Crippen molar-refractivity contribution in [1.82, 2.24) is 9.88 Å². The molecular formula is C12H10BrClN2O3. The number of hydrogen-bond donors (Lipinski definition) is 2. The highest BCUT2D eigenvalue weighted by atomic mass is 79.9. The van der Waals surface area contributed by atoms with E-state index in [-0.39, 0.29) is 6.54 Å². The molecule has 1 heterocycles. The third kappa shape index (κ3) is 3.27. The van der Waals surface area contributed by atoms with Gasteiger partial charge in [-0.2, -0.15) is 0 Å². The SMILES string of the molecule is O=C(O)CNC(=O)Cn1c(Cl)cc2ccc(Br)cc21. The lowest BCUT2D eigenvalue weighted by Crippen LogP contribution is -2.32. The Morgan fingerprint density at radius 1 is 1.37 bits per heavy atom. The molecule has 2 rings (SSSR count). The Kier molecular flexibility index (Phi) is 4.11. The average Bonchev–Trinajstić information content (AvgIpc) is 2.63. The van der Waals surface area contributed by atoms with Crippen LogP contribution in [0.2, 0.25) is 5.15 Å². The Hall–Kier alpha value is -1.53. The molecule has 0 unspecified atom stereocenters. The number of aromatic nitrogens is 1. The highest BCUT2D eigenvalue weighted by Gasteiger charge is 2.11. The number of carbonyl (C=O) groups excluding carboxylic acids is 1. The number of hydrogen-bond acceptors (Lipinski definition) is 2. The molecule has 5 nitrogen and oxygen atoms in total. The first-order chi connectivity index (χ1) is 8.97. The third-order valence-corrected chi connectivity index (χ3v) is 3.36. The standard InChI is InChI=1S/C12H10BrClN2O3/c13-8-2-1-7-3-10(14)16(9(7)4-8)6-11(17)15-5-12(18)19/h1-4H,5-6H2,(H,15,17)(H,18,19). The van der Waals surface area contributed by atoms with E-state index in [2.05, 4.69) is 21.2 Å². The van der Waals surface area contributed by atoms with Gasteiger partial charge in [0.1, 0.15) is 18.2 Å². The maximum Gasteiger partial charge on any atom is 0.322 e. The van der Waals surface area contributed by atoms with Gasteiger partial charge in [0.15, 0.2) is 0 Å². The Bertz CT molecular complexity index is 654. The van der Waals surface area contributed by atoms with E-state index < -0.39 is 18.4 Å². The Labute approximate surface area is 122 Å². The van der Waals surface area contributed by atoms with Crippen LogP contribution in [-0.4, -0.2) is 28.1 Å². The fraction of sp³-hybridized carbons (Fsp3) is 0.167. The van der Waals surface area contributed by atoms with Crippen LogP contribution in [0.1, 0.15) is 0 Å². The second-order valence-electron chi connectivity index (χ2n) is 3.93. The monoisotopic (exact) mass is 344 g/mol. The van der Waals surface area contributed by atoms with Crippen LogP contribution in [0.4, 0.5) is 0 Å². The average molecular weight is 346 g/mol. The smallest absolute Gasteiger partial charge is 0.322 e. The van der Waals surface area contributed by atoms with Crippen LogP contribution in [0.25, 0.3) is 10.9 Å². The van der Waals surface area contributed by atoms with Gasteiger partial charge >= 0.3 is 5.97 Å². The molecular weight excluding hydrogens is 336 g/mol. The van der Waals surface area contributed by atoms with Gasteiger partial charge in [-0.3, -0.25) is 9.59 Å². The molecule has 2 aromatic rings. The minimum absolute atomic E-state index is 0.0218. The summed E-state index contributed by atoms with van der Waals surface area (Å²) in [6.07, 6.45) is 0. The number of carboxylic acid groups (broad SMARTS) is 1. The summed E-state index contributed by atoms with van der Waals surface area (Å²) in [5.41, 5.74) is 0.810. The van der Waals surface area contributed by atoms with Crippen molar-refractivity contribution < 1.29 is 14.7 Å². The van der Waals surface area contributed by atoms with Gasteiger partial charge in [0.05, 0.1) is 5.52 Å². The lowest BCUT2D eigenvalue weighted by Gasteiger charge is -2.07. The van der Waals surface area contributed by atoms with Crippen LogP contribution in [0.5, 0.6) is 0 Å². The van der Waals surface area contributed by atoms with Gasteiger partial charge in [-0.1, -0.05) is 33.6 Å². The summed E-state index contributed by atoms with van der Waals surface area (Å²) < 4.78 is 2.50. The molecule has 0 radical (unpaired) electrons. The van der Waals surface area contributed by atoms with E-state index in [1.807, 2.05) is 18.2 Å². The van der Waals surface area contributed by atoms with Gasteiger partial charge in [-0.05, 0) is 18.2 Å². The van der Waals surface area contributed by atoms with Crippen molar-refractivity contribution in [2.75, 3.05) is 6.54 Å². The summed E-state index contributed by atoms with van der Waals surface area (Å²) in [5.74, 6) is -1.48. The minimum Gasteiger partial charge on any atom is -0.480 e. The van der Waals surface area contributed by atoms with E-state index in [1.54, 1.807) is 10.6 Å². The maximum atomic E-state index is 11.6. The highest BCUT2D eigenvalue weighted by Crippen LogP contribution is 2.26. The topological polar surface area (TPSA) is 71.3 Å². The van der Waals surface area contributed by atoms with E-state index in [4.69, 9.17) is 16.7 Å². The molecule has 1 aromatic heterocycles. The van der Waals surface area contributed by atoms with Crippen molar-refractivity contribution in [3.63, 3.8) is 0 Å². The fourth-order valence-corrected chi connectivity index (χ4v) is 2.35. The van der Waals surface area contributed by atoms with Gasteiger partial charge in [0.2, 0.25) is 5.91 Å². The number of nitrogens with zero attached hydrogens (tertiary/aromatic N) is 1. The van der Waals surface area contributed by atoms with Crippen LogP contribution in [0, 0.1) is 0 Å². The highest BCUT2D eigenvalue weighted by molar-refractivity contribution is 9.10. The number of benzene rings is 1. The molecule has 7 heteroatoms. The van der Waals surface area contributed by atoms with Crippen molar-refractivity contribution >= 4 is 50.3 Å². The lowest BCUT2D eigenvalue weighted by atomic mass is 10.2. The van der Waals surface area contributed by atoms with Crippen LogP contribution in [-0.2, 0) is 16.1 Å². The normalized spacial score (nSPS) is 10.6. The minimum atomic E-state index is -1.08. The summed E-state index contributed by atoms with van der Waals surface area (Å²) in [6.45, 7) is -0.425. The van der Waals surface area contributed by atoms with Gasteiger partial charge in [-0.25, -0.2) is 0 Å². The van der Waals surface area contributed by atoms with Crippen LogP contribution < -0.4 is 5.32 Å². The van der Waals surface area contributed by atoms with Crippen molar-refractivity contribution in [2.24, 2.45) is 0 Å². The number of rotatable bonds is 4. The molecule has 0 bridgehead atoms. The summed E-state index contributed by atoms with van der Waals surface area (Å²) in [7, 11) is 0. The number of nitrogens with one attached hydrogen (secondary N) is 1. The van der Waals surface area contributed by atoms with Crippen molar-refractivity contribution in [3.05, 3.63) is 33.9 Å². The zero-order valence-electron chi connectivity index (χ0n) is 9.69. The number of amides is 1. The molecule has 1 aromatic carbocycles. The van der Waals surface area contributed by atoms with E-state index in [1.165, 1.54) is 0 Å². The van der Waals surface area contributed by atoms with Crippen molar-refractivity contribution in [3.8, 4) is 0 Å². The molecule has 0 atom stereocenters. The zero-order chi connectivity index (χ0) is 14.0. The fourth-order valence-electron chi connectivity index (χ4n) is 1.73. The predicted molar refractivity (Wildman–Crippen MR) is 75.3 cm³/mol. The quantitative estimate of drug-likeness (QED) is 0.893. The summed E-state index contributed by atoms with van der Waals surface area (Å²) in [5, 5.41) is 12.1. The second-order valence-corrected chi connectivity index (χ2v) is 5.23. The van der Waals surface area contributed by atoms with E-state index in [0.717, 1.165) is 15.4 Å². The zero-order valence-corrected chi connectivity index (χ0v) is 12.0. The lowest BCUT2D eigenvalue weighted by molar-refractivity contribution is -0.138. The Morgan fingerprint density at radius 3 is 2.79 bits per heavy atom. The molecule has 0 aliphatic rings. The van der Waals surface area contributed by atoms with Crippen molar-refractivity contribution in [2.45, 2.75) is 6.54 Å². The molecule has 1 amide bonds. The molecule has 0 spiro atoms. The van der Waals surface area contributed by atoms with Crippen LogP contribution in [0.3, 0.4) is 0 Å². The van der Waals surface area contributed by atoms with Gasteiger partial charge in [0, 0.05) is 9.86 Å². The maximum absolute atomic E-state index is 11.6. The first kappa shape index (κ1) is 13.9. The second kappa shape index (κ2) is 5.63. The molecule has 0 aliphatic heterocycles. The number of carbonyl (C=O) groups is 2. The molecule has 0 saturated carbocycles. The molecule has 19 heavy (non-hydrogen) atoms. The number of halogens is 2. The first-order valence-electron chi connectivity index (χ1n) is 5.40. The van der Waals surface area contributed by atoms with Gasteiger partial charge < -0.3 is 15.0 Å². The van der Waals surface area contributed by atoms with Gasteiger partial charge in [0.25, 0.3) is 0 Å². The molecule has 0 fully saturated rings. The molecule has 0 aliphatic carbocycles. The number of aliphatic carboxylic acids is 1. The largest absolute Gasteiger partial charge is 0.480 e. The number of carboxylic acids is 1. The van der Waals surface area contributed by atoms with Crippen LogP contribution in [0.15, 0.2) is 28.7 Å². The molecule has 0 saturated heterocycles. The Morgan fingerprint density at radius 2 is 2.11 bits per heavy atom. The summed E-state index contributed by atoms with van der Waals surface area (Å²) in [6, 6.07) is 7.38. The van der Waals surface area contributed by atoms with E-state index in [9.17, 15) is 9.59 Å². The predicted octanol–water partition coefficient (Wildman–Crippen LogP) is 2.26. The van der Waals surface area contributed by atoms with Crippen molar-refractivity contribution in [1.29, 1.82) is 0 Å². The molecule has 2 N–H and O–H groups in total. The van der Waals surface area contributed by atoms with Crippen LogP contribution >= 0.6 is 27.5 Å². The number of fused-ring (bicyclic) bond motifs is 1. The van der Waals surface area contributed by atoms with E-state index >= 15 is 0 Å². The third-order valence-electron chi connectivity index (χ3n) is 2.55. The summed E-state index contributed by atoms with van der Waals surface area (Å²) in [4.78, 5) is 22.0. The van der Waals surface area contributed by atoms with E-state index in [0.29, 0.717) is 5.15 Å². The Balaban J connectivity index is 2.24. The molecule has 100 valence electrons. The first-order valence-corrected chi connectivity index (χ1v) is 6.57. The van der Waals surface area contributed by atoms with Gasteiger partial charge in [-0.15, -0.1) is 0 Å².